The van der Waals surface area contributed by atoms with E-state index < -0.39 is 0 Å². The fraction of sp³-hybridized carbons (Fsp3) is 0.133. The van der Waals surface area contributed by atoms with Crippen molar-refractivity contribution >= 4 is 23.3 Å². The topological polar surface area (TPSA) is 65.8 Å². The number of nitrogens with zero attached hydrogens (tertiary/aromatic N) is 2. The molecule has 1 aromatic carbocycles. The van der Waals surface area contributed by atoms with Crippen LogP contribution in [-0.2, 0) is 11.3 Å². The number of hydrogen-bond acceptors (Lipinski definition) is 4. The first kappa shape index (κ1) is 14.0. The standard InChI is InChI=1S/C15H13N3OS/c1-11-18-14(10-20-11)7-13(8-16)15(19)17-9-12-5-3-2-4-6-12/h2-7,10H,9H2,1H3,(H,17,19)/b13-7+. The summed E-state index contributed by atoms with van der Waals surface area (Å²) in [5, 5.41) is 14.5. The van der Waals surface area contributed by atoms with E-state index in [0.29, 0.717) is 12.2 Å². The van der Waals surface area contributed by atoms with Gasteiger partial charge < -0.3 is 5.32 Å². The molecule has 0 radical (unpaired) electrons. The summed E-state index contributed by atoms with van der Waals surface area (Å²) in [5.41, 5.74) is 1.69. The molecule has 1 heterocycles. The molecule has 2 rings (SSSR count). The SMILES string of the molecule is Cc1nc(/C=C(\C#N)C(=O)NCc2ccccc2)cs1. The summed E-state index contributed by atoms with van der Waals surface area (Å²) in [7, 11) is 0. The highest BCUT2D eigenvalue weighted by molar-refractivity contribution is 7.09. The van der Waals surface area contributed by atoms with Crippen LogP contribution in [0.15, 0.2) is 41.3 Å². The van der Waals surface area contributed by atoms with Gasteiger partial charge in [-0.15, -0.1) is 11.3 Å². The number of thiazole rings is 1. The highest BCUT2D eigenvalue weighted by Gasteiger charge is 2.09. The highest BCUT2D eigenvalue weighted by Crippen LogP contribution is 2.11. The first-order chi connectivity index (χ1) is 9.69. The molecule has 4 nitrogen and oxygen atoms in total. The van der Waals surface area contributed by atoms with E-state index in [1.165, 1.54) is 17.4 Å². The number of aromatic nitrogens is 1. The molecule has 0 saturated carbocycles. The lowest BCUT2D eigenvalue weighted by Crippen LogP contribution is -2.23. The summed E-state index contributed by atoms with van der Waals surface area (Å²) >= 11 is 1.48. The Morgan fingerprint density at radius 2 is 2.20 bits per heavy atom. The average Bonchev–Trinajstić information content (AvgIpc) is 2.88. The predicted molar refractivity (Wildman–Crippen MR) is 78.7 cm³/mol. The molecule has 2 aromatic rings. The van der Waals surface area contributed by atoms with Crippen LogP contribution in [-0.4, -0.2) is 10.9 Å². The van der Waals surface area contributed by atoms with Crippen LogP contribution < -0.4 is 5.32 Å². The molecule has 0 aliphatic rings. The third kappa shape index (κ3) is 3.77. The summed E-state index contributed by atoms with van der Waals surface area (Å²) in [5.74, 6) is -0.387. The molecule has 0 spiro atoms. The van der Waals surface area contributed by atoms with Gasteiger partial charge in [-0.3, -0.25) is 4.79 Å². The molecule has 0 unspecified atom stereocenters. The van der Waals surface area contributed by atoms with E-state index >= 15 is 0 Å². The van der Waals surface area contributed by atoms with Crippen LogP contribution in [0, 0.1) is 18.3 Å². The molecule has 0 aliphatic heterocycles. The minimum atomic E-state index is -0.387. The van der Waals surface area contributed by atoms with Crippen molar-refractivity contribution in [1.82, 2.24) is 10.3 Å². The summed E-state index contributed by atoms with van der Waals surface area (Å²) in [6.07, 6.45) is 1.50. The van der Waals surface area contributed by atoms with Gasteiger partial charge >= 0.3 is 0 Å². The molecule has 0 saturated heterocycles. The third-order valence-corrected chi connectivity index (χ3v) is 3.38. The van der Waals surface area contributed by atoms with Gasteiger partial charge in [0.05, 0.1) is 10.7 Å². The Labute approximate surface area is 121 Å². The number of rotatable bonds is 4. The normalized spacial score (nSPS) is 10.9. The average molecular weight is 283 g/mol. The monoisotopic (exact) mass is 283 g/mol. The quantitative estimate of drug-likeness (QED) is 0.693. The number of carbonyl (C=O) groups excluding carboxylic acids is 1. The Kier molecular flexibility index (Phi) is 4.64. The van der Waals surface area contributed by atoms with E-state index in [9.17, 15) is 4.79 Å². The fourth-order valence-corrected chi connectivity index (χ4v) is 2.19. The molecule has 100 valence electrons. The first-order valence-corrected chi connectivity index (χ1v) is 6.93. The van der Waals surface area contributed by atoms with Gasteiger partial charge in [-0.1, -0.05) is 30.3 Å². The molecule has 0 atom stereocenters. The predicted octanol–water partition coefficient (Wildman–Crippen LogP) is 2.67. The minimum absolute atomic E-state index is 0.0613. The number of nitriles is 1. The molecule has 1 amide bonds. The van der Waals surface area contributed by atoms with Crippen molar-refractivity contribution < 1.29 is 4.79 Å². The third-order valence-electron chi connectivity index (χ3n) is 2.59. The number of nitrogens with one attached hydrogen (secondary N) is 1. The zero-order valence-corrected chi connectivity index (χ0v) is 11.8. The maximum Gasteiger partial charge on any atom is 0.262 e. The lowest BCUT2D eigenvalue weighted by molar-refractivity contribution is -0.117. The van der Waals surface area contributed by atoms with E-state index in [2.05, 4.69) is 10.3 Å². The minimum Gasteiger partial charge on any atom is -0.347 e. The zero-order chi connectivity index (χ0) is 14.4. The number of aryl methyl sites for hydroxylation is 1. The maximum absolute atomic E-state index is 11.9. The zero-order valence-electron chi connectivity index (χ0n) is 11.0. The van der Waals surface area contributed by atoms with Gasteiger partial charge in [-0.05, 0) is 18.6 Å². The summed E-state index contributed by atoms with van der Waals surface area (Å²) in [6, 6.07) is 11.5. The lowest BCUT2D eigenvalue weighted by atomic mass is 10.2. The summed E-state index contributed by atoms with van der Waals surface area (Å²) < 4.78 is 0. The lowest BCUT2D eigenvalue weighted by Gasteiger charge is -2.03. The summed E-state index contributed by atoms with van der Waals surface area (Å²) in [4.78, 5) is 16.1. The van der Waals surface area contributed by atoms with Gasteiger partial charge in [0.2, 0.25) is 0 Å². The van der Waals surface area contributed by atoms with Crippen LogP contribution in [0.4, 0.5) is 0 Å². The molecular formula is C15H13N3OS. The van der Waals surface area contributed by atoms with Crippen molar-refractivity contribution in [2.75, 3.05) is 0 Å². The van der Waals surface area contributed by atoms with Crippen LogP contribution in [0.2, 0.25) is 0 Å². The van der Waals surface area contributed by atoms with Gasteiger partial charge in [0, 0.05) is 11.9 Å². The van der Waals surface area contributed by atoms with Crippen LogP contribution >= 0.6 is 11.3 Å². The van der Waals surface area contributed by atoms with Crippen molar-refractivity contribution in [3.63, 3.8) is 0 Å². The molecule has 0 fully saturated rings. The fourth-order valence-electron chi connectivity index (χ4n) is 1.62. The van der Waals surface area contributed by atoms with E-state index in [4.69, 9.17) is 5.26 Å². The molecule has 1 N–H and O–H groups in total. The van der Waals surface area contributed by atoms with Crippen molar-refractivity contribution in [2.24, 2.45) is 0 Å². The Morgan fingerprint density at radius 3 is 2.80 bits per heavy atom. The van der Waals surface area contributed by atoms with Gasteiger partial charge in [0.1, 0.15) is 11.6 Å². The van der Waals surface area contributed by atoms with E-state index in [1.54, 1.807) is 0 Å². The second kappa shape index (κ2) is 6.64. The molecular weight excluding hydrogens is 270 g/mol. The van der Waals surface area contributed by atoms with Crippen LogP contribution in [0.5, 0.6) is 0 Å². The number of carbonyl (C=O) groups is 1. The van der Waals surface area contributed by atoms with Gasteiger partial charge in [0.15, 0.2) is 0 Å². The van der Waals surface area contributed by atoms with Crippen LogP contribution in [0.25, 0.3) is 6.08 Å². The number of hydrogen-bond donors (Lipinski definition) is 1. The Morgan fingerprint density at radius 1 is 1.45 bits per heavy atom. The molecule has 20 heavy (non-hydrogen) atoms. The van der Waals surface area contributed by atoms with Gasteiger partial charge in [-0.25, -0.2) is 4.98 Å². The van der Waals surface area contributed by atoms with Crippen molar-refractivity contribution in [1.29, 1.82) is 5.26 Å². The Balaban J connectivity index is 2.03. The second-order valence-electron chi connectivity index (χ2n) is 4.13. The van der Waals surface area contributed by atoms with Crippen LogP contribution in [0.3, 0.4) is 0 Å². The first-order valence-electron chi connectivity index (χ1n) is 6.05. The maximum atomic E-state index is 11.9. The number of amides is 1. The van der Waals surface area contributed by atoms with Gasteiger partial charge in [-0.2, -0.15) is 5.26 Å². The molecule has 1 aromatic heterocycles. The summed E-state index contributed by atoms with van der Waals surface area (Å²) in [6.45, 7) is 2.28. The Hall–Kier alpha value is -2.45. The van der Waals surface area contributed by atoms with E-state index in [0.717, 1.165) is 10.6 Å². The highest BCUT2D eigenvalue weighted by atomic mass is 32.1. The van der Waals surface area contributed by atoms with Gasteiger partial charge in [0.25, 0.3) is 5.91 Å². The number of benzene rings is 1. The van der Waals surface area contributed by atoms with Crippen LogP contribution in [0.1, 0.15) is 16.3 Å². The smallest absolute Gasteiger partial charge is 0.262 e. The molecule has 0 bridgehead atoms. The van der Waals surface area contributed by atoms with Crippen molar-refractivity contribution in [3.8, 4) is 6.07 Å². The molecule has 5 heteroatoms. The van der Waals surface area contributed by atoms with E-state index in [-0.39, 0.29) is 11.5 Å². The van der Waals surface area contributed by atoms with Crippen molar-refractivity contribution in [2.45, 2.75) is 13.5 Å². The van der Waals surface area contributed by atoms with Crippen molar-refractivity contribution in [3.05, 3.63) is 57.6 Å². The second-order valence-corrected chi connectivity index (χ2v) is 5.19. The largest absolute Gasteiger partial charge is 0.347 e. The Bertz CT molecular complexity index is 668. The molecule has 0 aliphatic carbocycles. The van der Waals surface area contributed by atoms with E-state index in [1.807, 2.05) is 48.7 Å².